The minimum atomic E-state index is -0.593. The average Bonchev–Trinajstić information content (AvgIpc) is 3.25. The lowest BCUT2D eigenvalue weighted by Gasteiger charge is -2.20. The van der Waals surface area contributed by atoms with E-state index >= 15 is 0 Å². The highest BCUT2D eigenvalue weighted by molar-refractivity contribution is 8.00. The van der Waals surface area contributed by atoms with Crippen molar-refractivity contribution < 1.29 is 22.8 Å². The van der Waals surface area contributed by atoms with Crippen LogP contribution in [0.4, 0.5) is 14.5 Å². The van der Waals surface area contributed by atoms with Crippen LogP contribution in [0.15, 0.2) is 70.2 Å². The van der Waals surface area contributed by atoms with E-state index in [1.165, 1.54) is 18.2 Å². The van der Waals surface area contributed by atoms with Gasteiger partial charge >= 0.3 is 0 Å². The summed E-state index contributed by atoms with van der Waals surface area (Å²) >= 11 is 0.896. The van der Waals surface area contributed by atoms with E-state index in [9.17, 15) is 18.4 Å². The molecule has 8 heteroatoms. The van der Waals surface area contributed by atoms with Gasteiger partial charge < -0.3 is 14.6 Å². The molecule has 1 N–H and O–H groups in total. The summed E-state index contributed by atoms with van der Waals surface area (Å²) in [6, 6.07) is 13.2. The Labute approximate surface area is 170 Å². The summed E-state index contributed by atoms with van der Waals surface area (Å²) < 4.78 is 32.2. The Morgan fingerprint density at radius 2 is 1.90 bits per heavy atom. The van der Waals surface area contributed by atoms with Gasteiger partial charge in [0.1, 0.15) is 17.4 Å². The van der Waals surface area contributed by atoms with Crippen molar-refractivity contribution >= 4 is 29.3 Å². The number of rotatable bonds is 7. The second-order valence-corrected chi connectivity index (χ2v) is 7.11. The van der Waals surface area contributed by atoms with Crippen LogP contribution < -0.4 is 10.2 Å². The molecular weight excluding hydrogens is 398 g/mol. The van der Waals surface area contributed by atoms with Gasteiger partial charge in [0.05, 0.1) is 29.8 Å². The molecule has 2 amide bonds. The fraction of sp³-hybridized carbons (Fsp3) is 0.143. The molecule has 0 radical (unpaired) electrons. The van der Waals surface area contributed by atoms with Gasteiger partial charge in [-0.25, -0.2) is 8.78 Å². The van der Waals surface area contributed by atoms with Crippen molar-refractivity contribution in [3.8, 4) is 0 Å². The standard InChI is InChI=1S/C21H18F2N2O3S/c1-25(20(26)13-29-19-11-14(22)8-9-17(19)23)18-7-3-2-6-16(18)21(27)24-12-15-5-4-10-28-15/h2-11H,12-13H2,1H3,(H,24,27). The van der Waals surface area contributed by atoms with Gasteiger partial charge in [0, 0.05) is 11.9 Å². The maximum absolute atomic E-state index is 13.7. The minimum Gasteiger partial charge on any atom is -0.467 e. The second-order valence-electron chi connectivity index (χ2n) is 6.10. The van der Waals surface area contributed by atoms with Crippen LogP contribution in [-0.2, 0) is 11.3 Å². The summed E-state index contributed by atoms with van der Waals surface area (Å²) in [6.45, 7) is 0.215. The molecule has 0 aliphatic rings. The first-order valence-electron chi connectivity index (χ1n) is 8.69. The number of benzene rings is 2. The van der Waals surface area contributed by atoms with Crippen molar-refractivity contribution in [1.29, 1.82) is 0 Å². The fourth-order valence-electron chi connectivity index (χ4n) is 2.59. The average molecular weight is 416 g/mol. The Balaban J connectivity index is 1.68. The molecule has 0 bridgehead atoms. The van der Waals surface area contributed by atoms with Gasteiger partial charge in [0.2, 0.25) is 5.91 Å². The topological polar surface area (TPSA) is 62.6 Å². The van der Waals surface area contributed by atoms with Gasteiger partial charge in [0.15, 0.2) is 0 Å². The first-order chi connectivity index (χ1) is 14.0. The molecule has 29 heavy (non-hydrogen) atoms. The summed E-state index contributed by atoms with van der Waals surface area (Å²) in [5, 5.41) is 2.74. The third kappa shape index (κ3) is 5.23. The molecule has 0 unspecified atom stereocenters. The number of para-hydroxylation sites is 1. The lowest BCUT2D eigenvalue weighted by molar-refractivity contribution is -0.115. The quantitative estimate of drug-likeness (QED) is 0.585. The molecule has 2 aromatic carbocycles. The highest BCUT2D eigenvalue weighted by Gasteiger charge is 2.19. The normalized spacial score (nSPS) is 10.6. The van der Waals surface area contributed by atoms with Crippen molar-refractivity contribution in [2.24, 2.45) is 0 Å². The van der Waals surface area contributed by atoms with Crippen LogP contribution in [0.3, 0.4) is 0 Å². The van der Waals surface area contributed by atoms with Gasteiger partial charge in [-0.3, -0.25) is 9.59 Å². The Bertz CT molecular complexity index is 1010. The smallest absolute Gasteiger partial charge is 0.253 e. The van der Waals surface area contributed by atoms with E-state index in [-0.39, 0.29) is 29.0 Å². The largest absolute Gasteiger partial charge is 0.467 e. The molecule has 0 aliphatic heterocycles. The Morgan fingerprint density at radius 3 is 2.66 bits per heavy atom. The van der Waals surface area contributed by atoms with Crippen molar-refractivity contribution in [3.05, 3.63) is 83.8 Å². The molecule has 0 fully saturated rings. The van der Waals surface area contributed by atoms with Crippen LogP contribution in [0.1, 0.15) is 16.1 Å². The molecule has 0 spiro atoms. The monoisotopic (exact) mass is 416 g/mol. The van der Waals surface area contributed by atoms with Crippen LogP contribution in [0.5, 0.6) is 0 Å². The minimum absolute atomic E-state index is 0.0521. The summed E-state index contributed by atoms with van der Waals surface area (Å²) in [5.74, 6) is -1.39. The summed E-state index contributed by atoms with van der Waals surface area (Å²) in [4.78, 5) is 26.5. The summed E-state index contributed by atoms with van der Waals surface area (Å²) in [5.41, 5.74) is 0.728. The van der Waals surface area contributed by atoms with Crippen LogP contribution in [0.25, 0.3) is 0 Å². The molecule has 5 nitrogen and oxygen atoms in total. The lowest BCUT2D eigenvalue weighted by Crippen LogP contribution is -2.31. The highest BCUT2D eigenvalue weighted by atomic mass is 32.2. The Kier molecular flexibility index (Phi) is 6.66. The maximum atomic E-state index is 13.7. The van der Waals surface area contributed by atoms with Gasteiger partial charge in [-0.1, -0.05) is 12.1 Å². The Hall–Kier alpha value is -3.13. The summed E-state index contributed by atoms with van der Waals surface area (Å²) in [6.07, 6.45) is 1.51. The zero-order valence-electron chi connectivity index (χ0n) is 15.5. The fourth-order valence-corrected chi connectivity index (χ4v) is 3.47. The van der Waals surface area contributed by atoms with Crippen molar-refractivity contribution in [2.75, 3.05) is 17.7 Å². The Morgan fingerprint density at radius 1 is 1.10 bits per heavy atom. The third-order valence-electron chi connectivity index (χ3n) is 4.13. The van der Waals surface area contributed by atoms with Crippen molar-refractivity contribution in [1.82, 2.24) is 5.32 Å². The van der Waals surface area contributed by atoms with E-state index in [1.807, 2.05) is 0 Å². The molecule has 0 saturated carbocycles. The van der Waals surface area contributed by atoms with E-state index in [0.29, 0.717) is 17.0 Å². The third-order valence-corrected chi connectivity index (χ3v) is 5.15. The molecule has 1 heterocycles. The van der Waals surface area contributed by atoms with Gasteiger partial charge in [-0.15, -0.1) is 11.8 Å². The number of carbonyl (C=O) groups excluding carboxylic acids is 2. The highest BCUT2D eigenvalue weighted by Crippen LogP contribution is 2.25. The SMILES string of the molecule is CN(C(=O)CSc1cc(F)ccc1F)c1ccccc1C(=O)NCc1ccco1. The van der Waals surface area contributed by atoms with Crippen LogP contribution in [0, 0.1) is 11.6 Å². The molecule has 150 valence electrons. The molecule has 1 aromatic heterocycles. The van der Waals surface area contributed by atoms with Crippen molar-refractivity contribution in [2.45, 2.75) is 11.4 Å². The number of hydrogen-bond acceptors (Lipinski definition) is 4. The summed E-state index contributed by atoms with van der Waals surface area (Å²) in [7, 11) is 1.53. The van der Waals surface area contributed by atoms with E-state index < -0.39 is 11.6 Å². The number of nitrogens with zero attached hydrogens (tertiary/aromatic N) is 1. The van der Waals surface area contributed by atoms with Crippen molar-refractivity contribution in [3.63, 3.8) is 0 Å². The number of hydrogen-bond donors (Lipinski definition) is 1. The zero-order valence-corrected chi connectivity index (χ0v) is 16.3. The molecular formula is C21H18F2N2O3S. The number of thioether (sulfide) groups is 1. The van der Waals surface area contributed by atoms with E-state index in [4.69, 9.17) is 4.42 Å². The number of carbonyl (C=O) groups is 2. The number of amides is 2. The van der Waals surface area contributed by atoms with Gasteiger partial charge in [0.25, 0.3) is 5.91 Å². The lowest BCUT2D eigenvalue weighted by atomic mass is 10.1. The van der Waals surface area contributed by atoms with Gasteiger partial charge in [-0.05, 0) is 42.5 Å². The second kappa shape index (κ2) is 9.38. The maximum Gasteiger partial charge on any atom is 0.253 e. The molecule has 0 atom stereocenters. The van der Waals surface area contributed by atoms with E-state index in [1.54, 1.807) is 36.4 Å². The molecule has 3 rings (SSSR count). The molecule has 3 aromatic rings. The predicted molar refractivity (Wildman–Crippen MR) is 107 cm³/mol. The number of furan rings is 1. The van der Waals surface area contributed by atoms with Crippen LogP contribution in [-0.4, -0.2) is 24.6 Å². The first kappa shape index (κ1) is 20.6. The van der Waals surface area contributed by atoms with Crippen LogP contribution >= 0.6 is 11.8 Å². The number of anilines is 1. The van der Waals surface area contributed by atoms with E-state index in [2.05, 4.69) is 5.32 Å². The molecule has 0 aliphatic carbocycles. The predicted octanol–water partition coefficient (Wildman–Crippen LogP) is 4.24. The number of nitrogens with one attached hydrogen (secondary N) is 1. The zero-order chi connectivity index (χ0) is 20.8. The van der Waals surface area contributed by atoms with E-state index in [0.717, 1.165) is 30.0 Å². The number of halogens is 2. The molecule has 0 saturated heterocycles. The van der Waals surface area contributed by atoms with Gasteiger partial charge in [-0.2, -0.15) is 0 Å². The van der Waals surface area contributed by atoms with Crippen LogP contribution in [0.2, 0.25) is 0 Å². The first-order valence-corrected chi connectivity index (χ1v) is 9.68.